The number of aliphatic hydroxyl groups excluding tert-OH is 2. The van der Waals surface area contributed by atoms with Gasteiger partial charge in [-0.15, -0.1) is 0 Å². The minimum Gasteiger partial charge on any atom is -0.394 e. The number of aromatic nitrogens is 3. The summed E-state index contributed by atoms with van der Waals surface area (Å²) in [7, 11) is 0. The molecule has 0 amide bonds. The van der Waals surface area contributed by atoms with Crippen LogP contribution in [0.2, 0.25) is 0 Å². The predicted octanol–water partition coefficient (Wildman–Crippen LogP) is -0.263. The Hall–Kier alpha value is -1.39. The van der Waals surface area contributed by atoms with E-state index < -0.39 is 24.0 Å². The third kappa shape index (κ3) is 2.17. The fraction of sp³-hybridized carbons (Fsp3) is 0.538. The molecule has 1 saturated heterocycles. The molecule has 1 aliphatic rings. The summed E-state index contributed by atoms with van der Waals surface area (Å²) < 4.78 is 7.21. The minimum absolute atomic E-state index is 0.338. The van der Waals surface area contributed by atoms with Gasteiger partial charge in [-0.25, -0.2) is 9.97 Å². The molecule has 4 atom stereocenters. The molecular formula is C13H18N4O4S. The fourth-order valence-corrected chi connectivity index (χ4v) is 3.07. The van der Waals surface area contributed by atoms with Crippen molar-refractivity contribution in [2.45, 2.75) is 36.1 Å². The van der Waals surface area contributed by atoms with Crippen LogP contribution in [-0.2, 0) is 4.74 Å². The largest absolute Gasteiger partial charge is 0.394 e. The van der Waals surface area contributed by atoms with Crippen LogP contribution in [0.4, 0.5) is 5.82 Å². The first-order valence-corrected chi connectivity index (χ1v) is 7.97. The SMILES string of the molecule is CSc1nc(N)c2ccn(C3O[C@H](CO)[C@@H](O)[C@@]3(C)O)c2n1. The second-order valence-electron chi connectivity index (χ2n) is 5.44. The monoisotopic (exact) mass is 326 g/mol. The van der Waals surface area contributed by atoms with Gasteiger partial charge in [0.2, 0.25) is 0 Å². The maximum absolute atomic E-state index is 10.6. The number of nitrogen functional groups attached to an aromatic ring is 1. The first kappa shape index (κ1) is 15.5. The number of nitrogens with two attached hydrogens (primary N) is 1. The Balaban J connectivity index is 2.12. The zero-order valence-corrected chi connectivity index (χ0v) is 13.0. The highest BCUT2D eigenvalue weighted by atomic mass is 32.2. The van der Waals surface area contributed by atoms with E-state index in [4.69, 9.17) is 10.5 Å². The molecule has 2 aromatic rings. The van der Waals surface area contributed by atoms with Crippen LogP contribution in [0, 0.1) is 0 Å². The average molecular weight is 326 g/mol. The van der Waals surface area contributed by atoms with Gasteiger partial charge in [-0.05, 0) is 19.2 Å². The molecule has 0 saturated carbocycles. The van der Waals surface area contributed by atoms with Crippen molar-refractivity contribution < 1.29 is 20.1 Å². The maximum atomic E-state index is 10.6. The highest BCUT2D eigenvalue weighted by molar-refractivity contribution is 7.98. The third-order valence-corrected chi connectivity index (χ3v) is 4.50. The van der Waals surface area contributed by atoms with Crippen molar-refractivity contribution in [1.29, 1.82) is 0 Å². The summed E-state index contributed by atoms with van der Waals surface area (Å²) in [6.07, 6.45) is 0.546. The van der Waals surface area contributed by atoms with E-state index in [2.05, 4.69) is 9.97 Å². The van der Waals surface area contributed by atoms with Crippen LogP contribution in [0.15, 0.2) is 17.4 Å². The van der Waals surface area contributed by atoms with Crippen LogP contribution in [0.3, 0.4) is 0 Å². The van der Waals surface area contributed by atoms with E-state index in [1.165, 1.54) is 18.7 Å². The molecule has 5 N–H and O–H groups in total. The molecule has 3 heterocycles. The van der Waals surface area contributed by atoms with Crippen LogP contribution < -0.4 is 5.73 Å². The first-order chi connectivity index (χ1) is 10.4. The summed E-state index contributed by atoms with van der Waals surface area (Å²) in [4.78, 5) is 8.57. The number of hydrogen-bond donors (Lipinski definition) is 4. The number of fused-ring (bicyclic) bond motifs is 1. The molecule has 0 bridgehead atoms. The van der Waals surface area contributed by atoms with Gasteiger partial charge in [0.05, 0.1) is 12.0 Å². The third-order valence-electron chi connectivity index (χ3n) is 3.95. The van der Waals surface area contributed by atoms with E-state index in [1.54, 1.807) is 16.8 Å². The molecule has 0 radical (unpaired) electrons. The Morgan fingerprint density at radius 1 is 1.50 bits per heavy atom. The van der Waals surface area contributed by atoms with Crippen LogP contribution in [0.1, 0.15) is 13.2 Å². The Morgan fingerprint density at radius 2 is 2.23 bits per heavy atom. The van der Waals surface area contributed by atoms with Crippen LogP contribution in [-0.4, -0.2) is 60.5 Å². The number of hydrogen-bond acceptors (Lipinski definition) is 8. The van der Waals surface area contributed by atoms with E-state index in [0.29, 0.717) is 22.0 Å². The molecule has 8 nitrogen and oxygen atoms in total. The van der Waals surface area contributed by atoms with E-state index >= 15 is 0 Å². The normalized spacial score (nSPS) is 32.0. The molecule has 3 rings (SSSR count). The zero-order valence-electron chi connectivity index (χ0n) is 12.2. The van der Waals surface area contributed by atoms with Gasteiger partial charge in [0.25, 0.3) is 0 Å². The summed E-state index contributed by atoms with van der Waals surface area (Å²) in [6, 6.07) is 1.73. The molecular weight excluding hydrogens is 308 g/mol. The molecule has 22 heavy (non-hydrogen) atoms. The van der Waals surface area contributed by atoms with Gasteiger partial charge in [0.1, 0.15) is 29.3 Å². The lowest BCUT2D eigenvalue weighted by molar-refractivity contribution is -0.0948. The number of thioether (sulfide) groups is 1. The summed E-state index contributed by atoms with van der Waals surface area (Å²) in [5.74, 6) is 0.338. The molecule has 1 unspecified atom stereocenters. The molecule has 0 aliphatic carbocycles. The smallest absolute Gasteiger partial charge is 0.191 e. The van der Waals surface area contributed by atoms with Crippen molar-refractivity contribution in [3.05, 3.63) is 12.3 Å². The molecule has 0 spiro atoms. The first-order valence-electron chi connectivity index (χ1n) is 6.75. The van der Waals surface area contributed by atoms with Gasteiger partial charge in [-0.2, -0.15) is 0 Å². The summed E-state index contributed by atoms with van der Waals surface area (Å²) >= 11 is 1.35. The highest BCUT2D eigenvalue weighted by Gasteiger charge is 2.53. The molecule has 1 aliphatic heterocycles. The summed E-state index contributed by atoms with van der Waals surface area (Å²) in [6.45, 7) is 1.07. The Bertz CT molecular complexity index is 705. The Morgan fingerprint density at radius 3 is 2.82 bits per heavy atom. The van der Waals surface area contributed by atoms with Gasteiger partial charge >= 0.3 is 0 Å². The van der Waals surface area contributed by atoms with E-state index in [1.807, 2.05) is 6.26 Å². The quantitative estimate of drug-likeness (QED) is 0.449. The topological polar surface area (TPSA) is 127 Å². The van der Waals surface area contributed by atoms with Gasteiger partial charge in [0.15, 0.2) is 11.4 Å². The number of anilines is 1. The second kappa shape index (κ2) is 5.36. The highest BCUT2D eigenvalue weighted by Crippen LogP contribution is 2.40. The van der Waals surface area contributed by atoms with E-state index in [9.17, 15) is 15.3 Å². The lowest BCUT2D eigenvalue weighted by Crippen LogP contribution is -2.44. The van der Waals surface area contributed by atoms with Gasteiger partial charge < -0.3 is 30.4 Å². The van der Waals surface area contributed by atoms with Crippen LogP contribution in [0.5, 0.6) is 0 Å². The lowest BCUT2D eigenvalue weighted by atomic mass is 9.96. The maximum Gasteiger partial charge on any atom is 0.191 e. The number of nitrogens with zero attached hydrogens (tertiary/aromatic N) is 3. The summed E-state index contributed by atoms with van der Waals surface area (Å²) in [5.41, 5.74) is 4.86. The van der Waals surface area contributed by atoms with E-state index in [0.717, 1.165) is 0 Å². The van der Waals surface area contributed by atoms with Crippen molar-refractivity contribution in [3.63, 3.8) is 0 Å². The number of ether oxygens (including phenoxy) is 1. The molecule has 1 fully saturated rings. The minimum atomic E-state index is -1.57. The predicted molar refractivity (Wildman–Crippen MR) is 81.3 cm³/mol. The average Bonchev–Trinajstić information content (AvgIpc) is 3.00. The lowest BCUT2D eigenvalue weighted by Gasteiger charge is -2.27. The molecule has 120 valence electrons. The van der Waals surface area contributed by atoms with E-state index in [-0.39, 0.29) is 6.61 Å². The van der Waals surface area contributed by atoms with Crippen molar-refractivity contribution in [2.24, 2.45) is 0 Å². The van der Waals surface area contributed by atoms with Crippen molar-refractivity contribution in [2.75, 3.05) is 18.6 Å². The standard InChI is InChI=1S/C13H18N4O4S/c1-13(20)8(19)7(5-18)21-11(13)17-4-3-6-9(14)15-12(22-2)16-10(6)17/h3-4,7-8,11,18-20H,5H2,1-2H3,(H2,14,15,16)/t7-,8-,11?,13-/m1/s1. The number of rotatable bonds is 3. The Kier molecular flexibility index (Phi) is 3.77. The Labute approximate surface area is 130 Å². The summed E-state index contributed by atoms with van der Waals surface area (Å²) in [5, 5.41) is 31.1. The van der Waals surface area contributed by atoms with Gasteiger partial charge in [-0.3, -0.25) is 0 Å². The van der Waals surface area contributed by atoms with Crippen molar-refractivity contribution in [3.8, 4) is 0 Å². The number of aliphatic hydroxyl groups is 3. The fourth-order valence-electron chi connectivity index (χ4n) is 2.71. The van der Waals surface area contributed by atoms with Crippen molar-refractivity contribution >= 4 is 28.6 Å². The van der Waals surface area contributed by atoms with Crippen LogP contribution >= 0.6 is 11.8 Å². The van der Waals surface area contributed by atoms with Gasteiger partial charge in [0, 0.05) is 6.20 Å². The second-order valence-corrected chi connectivity index (χ2v) is 6.21. The molecule has 9 heteroatoms. The van der Waals surface area contributed by atoms with Gasteiger partial charge in [-0.1, -0.05) is 11.8 Å². The zero-order chi connectivity index (χ0) is 16.1. The molecule has 2 aromatic heterocycles. The molecule has 0 aromatic carbocycles. The van der Waals surface area contributed by atoms with Crippen LogP contribution in [0.25, 0.3) is 11.0 Å². The van der Waals surface area contributed by atoms with Crippen molar-refractivity contribution in [1.82, 2.24) is 14.5 Å².